The third-order valence-electron chi connectivity index (χ3n) is 2.40. The van der Waals surface area contributed by atoms with Crippen molar-refractivity contribution in [3.63, 3.8) is 0 Å². The minimum atomic E-state index is -0.325. The van der Waals surface area contributed by atoms with Crippen LogP contribution in [0.4, 0.5) is 0 Å². The molecule has 1 aromatic carbocycles. The molecule has 0 radical (unpaired) electrons. The van der Waals surface area contributed by atoms with Crippen LogP contribution in [0.25, 0.3) is 0 Å². The first kappa shape index (κ1) is 13.9. The largest absolute Gasteiger partial charge is 0.353 e. The molecule has 94 valence electrons. The molecule has 0 fully saturated rings. The summed E-state index contributed by atoms with van der Waals surface area (Å²) >= 11 is 0. The van der Waals surface area contributed by atoms with Crippen molar-refractivity contribution in [1.29, 1.82) is 0 Å². The van der Waals surface area contributed by atoms with E-state index < -0.39 is 0 Å². The summed E-state index contributed by atoms with van der Waals surface area (Å²) in [6, 6.07) is 9.14. The lowest BCUT2D eigenvalue weighted by atomic mass is 10.1. The highest BCUT2D eigenvalue weighted by molar-refractivity contribution is 5.96. The average Bonchev–Trinajstić information content (AvgIpc) is 2.37. The Balaban J connectivity index is 2.24. The van der Waals surface area contributed by atoms with Gasteiger partial charge in [-0.25, -0.2) is 0 Å². The van der Waals surface area contributed by atoms with Crippen molar-refractivity contribution in [3.8, 4) is 0 Å². The van der Waals surface area contributed by atoms with Crippen molar-refractivity contribution in [2.75, 3.05) is 13.2 Å². The Morgan fingerprint density at radius 1 is 1.24 bits per heavy atom. The monoisotopic (exact) mass is 236 g/mol. The van der Waals surface area contributed by atoms with Gasteiger partial charge in [0.15, 0.2) is 12.1 Å². The Hall–Kier alpha value is -1.19. The SMILES string of the molecule is CCCCOC(C)OCC(=O)c1ccccc1. The Bertz CT molecular complexity index is 321. The van der Waals surface area contributed by atoms with E-state index in [1.807, 2.05) is 25.1 Å². The van der Waals surface area contributed by atoms with Crippen molar-refractivity contribution in [2.45, 2.75) is 33.0 Å². The summed E-state index contributed by atoms with van der Waals surface area (Å²) < 4.78 is 10.7. The van der Waals surface area contributed by atoms with Gasteiger partial charge in [0.2, 0.25) is 0 Å². The van der Waals surface area contributed by atoms with Crippen LogP contribution >= 0.6 is 0 Å². The van der Waals surface area contributed by atoms with Crippen LogP contribution in [-0.4, -0.2) is 25.3 Å². The first-order chi connectivity index (χ1) is 8.24. The normalized spacial score (nSPS) is 12.4. The van der Waals surface area contributed by atoms with Crippen molar-refractivity contribution >= 4 is 5.78 Å². The Morgan fingerprint density at radius 3 is 2.59 bits per heavy atom. The van der Waals surface area contributed by atoms with E-state index in [-0.39, 0.29) is 18.7 Å². The molecule has 0 aliphatic heterocycles. The van der Waals surface area contributed by atoms with Gasteiger partial charge >= 0.3 is 0 Å². The van der Waals surface area contributed by atoms with Crippen LogP contribution < -0.4 is 0 Å². The standard InChI is InChI=1S/C14H20O3/c1-3-4-10-16-12(2)17-11-14(15)13-8-6-5-7-9-13/h5-9,12H,3-4,10-11H2,1-2H3. The van der Waals surface area contributed by atoms with Crippen LogP contribution in [0.15, 0.2) is 30.3 Å². The van der Waals surface area contributed by atoms with Gasteiger partial charge in [-0.1, -0.05) is 43.7 Å². The number of hydrogen-bond donors (Lipinski definition) is 0. The summed E-state index contributed by atoms with van der Waals surface area (Å²) in [4.78, 5) is 11.7. The molecule has 0 saturated carbocycles. The van der Waals surface area contributed by atoms with Gasteiger partial charge in [-0.05, 0) is 13.3 Å². The maximum Gasteiger partial charge on any atom is 0.188 e. The van der Waals surface area contributed by atoms with Gasteiger partial charge in [-0.2, -0.15) is 0 Å². The highest BCUT2D eigenvalue weighted by Gasteiger charge is 2.08. The Labute approximate surface area is 103 Å². The molecular formula is C14H20O3. The molecule has 0 spiro atoms. The predicted molar refractivity (Wildman–Crippen MR) is 67.0 cm³/mol. The molecule has 0 saturated heterocycles. The van der Waals surface area contributed by atoms with Crippen LogP contribution in [0.2, 0.25) is 0 Å². The first-order valence-corrected chi connectivity index (χ1v) is 6.05. The Kier molecular flexibility index (Phi) is 6.51. The van der Waals surface area contributed by atoms with E-state index in [1.54, 1.807) is 12.1 Å². The molecule has 3 nitrogen and oxygen atoms in total. The van der Waals surface area contributed by atoms with Crippen molar-refractivity contribution in [2.24, 2.45) is 0 Å². The molecule has 0 amide bonds. The zero-order valence-electron chi connectivity index (χ0n) is 10.5. The smallest absolute Gasteiger partial charge is 0.188 e. The predicted octanol–water partition coefficient (Wildman–Crippen LogP) is 3.05. The molecule has 0 aliphatic carbocycles. The summed E-state index contributed by atoms with van der Waals surface area (Å²) in [5.74, 6) is -0.0171. The molecule has 0 aliphatic rings. The minimum absolute atomic E-state index is 0.0171. The maximum atomic E-state index is 11.7. The first-order valence-electron chi connectivity index (χ1n) is 6.05. The van der Waals surface area contributed by atoms with Crippen LogP contribution in [0, 0.1) is 0 Å². The molecule has 0 N–H and O–H groups in total. The van der Waals surface area contributed by atoms with Crippen molar-refractivity contribution in [1.82, 2.24) is 0 Å². The number of Topliss-reactive ketones (excluding diaryl/α,β-unsaturated/α-hetero) is 1. The number of benzene rings is 1. The van der Waals surface area contributed by atoms with Gasteiger partial charge in [0.25, 0.3) is 0 Å². The van der Waals surface area contributed by atoms with Gasteiger partial charge in [-0.15, -0.1) is 0 Å². The lowest BCUT2D eigenvalue weighted by molar-refractivity contribution is -0.123. The fraction of sp³-hybridized carbons (Fsp3) is 0.500. The van der Waals surface area contributed by atoms with E-state index in [1.165, 1.54) is 0 Å². The van der Waals surface area contributed by atoms with Gasteiger partial charge in [-0.3, -0.25) is 4.79 Å². The fourth-order valence-electron chi connectivity index (χ4n) is 1.34. The third-order valence-corrected chi connectivity index (χ3v) is 2.40. The van der Waals surface area contributed by atoms with Gasteiger partial charge < -0.3 is 9.47 Å². The zero-order chi connectivity index (χ0) is 12.5. The summed E-state index contributed by atoms with van der Waals surface area (Å²) in [6.45, 7) is 4.66. The van der Waals surface area contributed by atoms with Gasteiger partial charge in [0, 0.05) is 12.2 Å². The summed E-state index contributed by atoms with van der Waals surface area (Å²) in [6.07, 6.45) is 1.78. The maximum absolute atomic E-state index is 11.7. The molecule has 0 aromatic heterocycles. The molecule has 1 rings (SSSR count). The molecule has 1 aromatic rings. The number of unbranched alkanes of at least 4 members (excludes halogenated alkanes) is 1. The molecule has 0 heterocycles. The number of ether oxygens (including phenoxy) is 2. The second kappa shape index (κ2) is 7.98. The summed E-state index contributed by atoms with van der Waals surface area (Å²) in [7, 11) is 0. The minimum Gasteiger partial charge on any atom is -0.353 e. The van der Waals surface area contributed by atoms with Crippen molar-refractivity contribution in [3.05, 3.63) is 35.9 Å². The second-order valence-corrected chi connectivity index (χ2v) is 3.89. The highest BCUT2D eigenvalue weighted by atomic mass is 16.7. The molecule has 1 unspecified atom stereocenters. The molecular weight excluding hydrogens is 216 g/mol. The number of carbonyl (C=O) groups excluding carboxylic acids is 1. The van der Waals surface area contributed by atoms with E-state index in [9.17, 15) is 4.79 Å². The quantitative estimate of drug-likeness (QED) is 0.395. The summed E-state index contributed by atoms with van der Waals surface area (Å²) in [5.41, 5.74) is 0.674. The van der Waals surface area contributed by atoms with Crippen LogP contribution in [0.5, 0.6) is 0 Å². The number of ketones is 1. The van der Waals surface area contributed by atoms with Gasteiger partial charge in [0.1, 0.15) is 6.61 Å². The number of hydrogen-bond acceptors (Lipinski definition) is 3. The molecule has 3 heteroatoms. The second-order valence-electron chi connectivity index (χ2n) is 3.89. The van der Waals surface area contributed by atoms with Crippen molar-refractivity contribution < 1.29 is 14.3 Å². The molecule has 0 bridgehead atoms. The fourth-order valence-corrected chi connectivity index (χ4v) is 1.34. The van der Waals surface area contributed by atoms with Crippen LogP contribution in [-0.2, 0) is 9.47 Å². The van der Waals surface area contributed by atoms with E-state index in [0.29, 0.717) is 12.2 Å². The van der Waals surface area contributed by atoms with E-state index in [2.05, 4.69) is 6.92 Å². The lowest BCUT2D eigenvalue weighted by Gasteiger charge is -2.13. The lowest BCUT2D eigenvalue weighted by Crippen LogP contribution is -2.19. The number of rotatable bonds is 8. The van der Waals surface area contributed by atoms with Gasteiger partial charge in [0.05, 0.1) is 0 Å². The van der Waals surface area contributed by atoms with E-state index in [0.717, 1.165) is 12.8 Å². The molecule has 17 heavy (non-hydrogen) atoms. The highest BCUT2D eigenvalue weighted by Crippen LogP contribution is 2.02. The van der Waals surface area contributed by atoms with Crippen LogP contribution in [0.1, 0.15) is 37.0 Å². The van der Waals surface area contributed by atoms with E-state index in [4.69, 9.17) is 9.47 Å². The van der Waals surface area contributed by atoms with Crippen LogP contribution in [0.3, 0.4) is 0 Å². The molecule has 1 atom stereocenters. The average molecular weight is 236 g/mol. The third kappa shape index (κ3) is 5.61. The Morgan fingerprint density at radius 2 is 1.94 bits per heavy atom. The number of carbonyl (C=O) groups is 1. The summed E-state index contributed by atoms with van der Waals surface area (Å²) in [5, 5.41) is 0. The zero-order valence-corrected chi connectivity index (χ0v) is 10.5. The topological polar surface area (TPSA) is 35.5 Å². The van der Waals surface area contributed by atoms with E-state index >= 15 is 0 Å².